The molecule has 0 bridgehead atoms. The zero-order valence-corrected chi connectivity index (χ0v) is 13.1. The average Bonchev–Trinajstić information content (AvgIpc) is 2.56. The minimum atomic E-state index is -1.71. The lowest BCUT2D eigenvalue weighted by Crippen LogP contribution is -2.59. The van der Waals surface area contributed by atoms with E-state index in [1.54, 1.807) is 24.3 Å². The lowest BCUT2D eigenvalue weighted by atomic mass is 9.99. The quantitative estimate of drug-likeness (QED) is 0.353. The van der Waals surface area contributed by atoms with E-state index in [-0.39, 0.29) is 5.02 Å². The van der Waals surface area contributed by atoms with Gasteiger partial charge in [0.1, 0.15) is 24.4 Å². The van der Waals surface area contributed by atoms with Crippen LogP contribution in [0.4, 0.5) is 0 Å². The summed E-state index contributed by atoms with van der Waals surface area (Å²) >= 11 is 5.95. The van der Waals surface area contributed by atoms with E-state index in [0.717, 1.165) is 6.08 Å². The van der Waals surface area contributed by atoms with Gasteiger partial charge < -0.3 is 35.0 Å². The second kappa shape index (κ2) is 7.93. The van der Waals surface area contributed by atoms with Gasteiger partial charge in [-0.3, -0.25) is 0 Å². The van der Waals surface area contributed by atoms with Crippen molar-refractivity contribution in [1.82, 2.24) is 0 Å². The Labute approximate surface area is 142 Å². The first-order chi connectivity index (χ1) is 11.3. The van der Waals surface area contributed by atoms with Gasteiger partial charge in [0.15, 0.2) is 0 Å². The highest BCUT2D eigenvalue weighted by Crippen LogP contribution is 2.25. The number of carboxylic acids is 1. The lowest BCUT2D eigenvalue weighted by molar-refractivity contribution is -0.291. The number of carboxylic acid groups (broad SMARTS) is 1. The van der Waals surface area contributed by atoms with Gasteiger partial charge in [-0.15, -0.1) is 0 Å². The highest BCUT2D eigenvalue weighted by atomic mass is 35.5. The first-order valence-corrected chi connectivity index (χ1v) is 7.39. The summed E-state index contributed by atoms with van der Waals surface area (Å²) in [5.74, 6) is -2.04. The molecule has 1 saturated heterocycles. The van der Waals surface area contributed by atoms with Crippen LogP contribution < -0.4 is 0 Å². The first-order valence-electron chi connectivity index (χ1n) is 7.02. The van der Waals surface area contributed by atoms with Crippen LogP contribution in [0.1, 0.15) is 5.56 Å². The van der Waals surface area contributed by atoms with Gasteiger partial charge in [0, 0.05) is 5.02 Å². The Kier molecular flexibility index (Phi) is 6.16. The van der Waals surface area contributed by atoms with Crippen molar-refractivity contribution in [2.24, 2.45) is 0 Å². The van der Waals surface area contributed by atoms with Gasteiger partial charge in [-0.25, -0.2) is 4.79 Å². The van der Waals surface area contributed by atoms with Gasteiger partial charge in [0.05, 0.1) is 6.61 Å². The van der Waals surface area contributed by atoms with Crippen molar-refractivity contribution in [3.8, 4) is 0 Å². The largest absolute Gasteiger partial charge is 0.475 e. The van der Waals surface area contributed by atoms with Crippen molar-refractivity contribution in [1.29, 1.82) is 0 Å². The highest BCUT2D eigenvalue weighted by Gasteiger charge is 2.45. The third-order valence-corrected chi connectivity index (χ3v) is 3.84. The van der Waals surface area contributed by atoms with Crippen molar-refractivity contribution in [3.05, 3.63) is 40.6 Å². The molecule has 0 saturated carbocycles. The van der Waals surface area contributed by atoms with E-state index in [0.29, 0.717) is 5.56 Å². The Morgan fingerprint density at radius 3 is 2.46 bits per heavy atom. The summed E-state index contributed by atoms with van der Waals surface area (Å²) in [6, 6.07) is 6.42. The summed E-state index contributed by atoms with van der Waals surface area (Å²) in [6.07, 6.45) is -6.61. The van der Waals surface area contributed by atoms with Crippen LogP contribution in [0, 0.1) is 0 Å². The van der Waals surface area contributed by atoms with Crippen LogP contribution in [0.5, 0.6) is 0 Å². The maximum absolute atomic E-state index is 11.4. The topological polar surface area (TPSA) is 137 Å². The van der Waals surface area contributed by atoms with Gasteiger partial charge in [0.25, 0.3) is 0 Å². The van der Waals surface area contributed by atoms with E-state index in [9.17, 15) is 25.2 Å². The number of aliphatic hydroxyl groups is 4. The Bertz CT molecular complexity index is 617. The number of hydrogen-bond donors (Lipinski definition) is 5. The molecule has 0 spiro atoms. The first kappa shape index (κ1) is 18.7. The van der Waals surface area contributed by atoms with Crippen LogP contribution in [0.15, 0.2) is 30.0 Å². The molecule has 1 fully saturated rings. The third kappa shape index (κ3) is 4.04. The number of aliphatic hydroxyl groups excluding tert-OH is 4. The number of aliphatic carboxylic acids is 1. The molecule has 5 atom stereocenters. The van der Waals surface area contributed by atoms with Crippen molar-refractivity contribution < 1.29 is 39.8 Å². The van der Waals surface area contributed by atoms with Crippen LogP contribution in [0.2, 0.25) is 5.02 Å². The Morgan fingerprint density at radius 1 is 1.21 bits per heavy atom. The van der Waals surface area contributed by atoms with Crippen LogP contribution in [0.3, 0.4) is 0 Å². The lowest BCUT2D eigenvalue weighted by Gasteiger charge is -2.39. The van der Waals surface area contributed by atoms with Crippen molar-refractivity contribution in [3.63, 3.8) is 0 Å². The minimum Gasteiger partial charge on any atom is -0.475 e. The molecule has 5 N–H and O–H groups in total. The fourth-order valence-electron chi connectivity index (χ4n) is 2.17. The van der Waals surface area contributed by atoms with Crippen molar-refractivity contribution >= 4 is 23.6 Å². The van der Waals surface area contributed by atoms with Crippen molar-refractivity contribution in [2.45, 2.75) is 30.7 Å². The summed E-state index contributed by atoms with van der Waals surface area (Å²) < 4.78 is 10.2. The van der Waals surface area contributed by atoms with E-state index in [4.69, 9.17) is 26.2 Å². The molecule has 0 amide bonds. The number of halogens is 1. The highest BCUT2D eigenvalue weighted by molar-refractivity contribution is 6.32. The van der Waals surface area contributed by atoms with E-state index < -0.39 is 49.0 Å². The maximum Gasteiger partial charge on any atom is 0.371 e. The molecule has 1 heterocycles. The average molecular weight is 361 g/mol. The van der Waals surface area contributed by atoms with E-state index in [1.165, 1.54) is 0 Å². The van der Waals surface area contributed by atoms with Crippen LogP contribution in [-0.4, -0.2) is 68.8 Å². The normalized spacial score (nSPS) is 30.9. The number of hydrogen-bond acceptors (Lipinski definition) is 7. The second-order valence-electron chi connectivity index (χ2n) is 5.15. The fraction of sp³-hybridized carbons (Fsp3) is 0.400. The summed E-state index contributed by atoms with van der Waals surface area (Å²) in [5.41, 5.74) is 0.362. The summed E-state index contributed by atoms with van der Waals surface area (Å²) in [7, 11) is 0. The maximum atomic E-state index is 11.4. The second-order valence-corrected chi connectivity index (χ2v) is 5.56. The molecular weight excluding hydrogens is 344 g/mol. The van der Waals surface area contributed by atoms with Gasteiger partial charge >= 0.3 is 5.97 Å². The van der Waals surface area contributed by atoms with Gasteiger partial charge in [0.2, 0.25) is 12.0 Å². The number of ether oxygens (including phenoxy) is 2. The molecule has 1 aliphatic heterocycles. The molecule has 24 heavy (non-hydrogen) atoms. The van der Waals surface area contributed by atoms with Crippen LogP contribution in [0.25, 0.3) is 6.08 Å². The molecule has 1 aliphatic rings. The van der Waals surface area contributed by atoms with Gasteiger partial charge in [-0.05, 0) is 17.7 Å². The molecule has 9 heteroatoms. The van der Waals surface area contributed by atoms with Crippen molar-refractivity contribution in [2.75, 3.05) is 6.61 Å². The zero-order valence-electron chi connectivity index (χ0n) is 12.3. The number of rotatable bonds is 5. The molecule has 2 rings (SSSR count). The molecular formula is C15H17ClO8. The summed E-state index contributed by atoms with van der Waals surface area (Å²) in [5, 5.41) is 47.9. The predicted octanol–water partition coefficient (Wildman–Crippen LogP) is -0.418. The van der Waals surface area contributed by atoms with E-state index >= 15 is 0 Å². The molecule has 1 aromatic carbocycles. The standard InChI is InChI=1S/C15H17ClO8/c16-8-4-2-1-3-7(8)5-9(14(21)22)23-15-13(20)12(19)11(18)10(6-17)24-15/h1-5,10-13,15,17-20H,6H2,(H,21,22). The number of benzene rings is 1. The molecule has 5 unspecified atom stereocenters. The SMILES string of the molecule is O=C(O)C(=Cc1ccccc1Cl)OC1OC(CO)C(O)C(O)C1O. The van der Waals surface area contributed by atoms with Crippen LogP contribution in [-0.2, 0) is 14.3 Å². The fourth-order valence-corrected chi connectivity index (χ4v) is 2.36. The third-order valence-electron chi connectivity index (χ3n) is 3.49. The Balaban J connectivity index is 2.24. The van der Waals surface area contributed by atoms with Gasteiger partial charge in [-0.2, -0.15) is 0 Å². The molecule has 8 nitrogen and oxygen atoms in total. The minimum absolute atomic E-state index is 0.286. The monoisotopic (exact) mass is 360 g/mol. The zero-order chi connectivity index (χ0) is 17.9. The molecule has 132 valence electrons. The van der Waals surface area contributed by atoms with E-state index in [2.05, 4.69) is 0 Å². The van der Waals surface area contributed by atoms with Gasteiger partial charge in [-0.1, -0.05) is 29.8 Å². The number of carbonyl (C=O) groups is 1. The predicted molar refractivity (Wildman–Crippen MR) is 81.9 cm³/mol. The van der Waals surface area contributed by atoms with Crippen LogP contribution >= 0.6 is 11.6 Å². The molecule has 0 radical (unpaired) electrons. The molecule has 0 aromatic heterocycles. The van der Waals surface area contributed by atoms with E-state index in [1.807, 2.05) is 0 Å². The summed E-state index contributed by atoms with van der Waals surface area (Å²) in [6.45, 7) is -0.651. The Morgan fingerprint density at radius 2 is 1.88 bits per heavy atom. The Hall–Kier alpha value is -1.68. The summed E-state index contributed by atoms with van der Waals surface area (Å²) in [4.78, 5) is 11.4. The molecule has 1 aromatic rings. The smallest absolute Gasteiger partial charge is 0.371 e. The molecule has 0 aliphatic carbocycles.